The van der Waals surface area contributed by atoms with E-state index in [4.69, 9.17) is 5.73 Å². The fraction of sp³-hybridized carbons (Fsp3) is 0.217. The average molecular weight is 398 g/mol. The number of aromatic amines is 1. The van der Waals surface area contributed by atoms with Gasteiger partial charge >= 0.3 is 0 Å². The highest BCUT2D eigenvalue weighted by Gasteiger charge is 2.54. The lowest BCUT2D eigenvalue weighted by atomic mass is 9.75. The molecule has 1 amide bonds. The van der Waals surface area contributed by atoms with Crippen LogP contribution in [0.2, 0.25) is 0 Å². The normalized spacial score (nSPS) is 20.0. The smallest absolute Gasteiger partial charge is 0.230 e. The second-order valence-electron chi connectivity index (χ2n) is 7.75. The van der Waals surface area contributed by atoms with Crippen molar-refractivity contribution in [3.8, 4) is 0 Å². The molecule has 5 rings (SSSR count). The molecule has 1 atom stereocenters. The molecule has 7 nitrogen and oxygen atoms in total. The van der Waals surface area contributed by atoms with Crippen LogP contribution in [0.25, 0.3) is 0 Å². The van der Waals surface area contributed by atoms with Crippen molar-refractivity contribution in [1.82, 2.24) is 14.9 Å². The van der Waals surface area contributed by atoms with Crippen LogP contribution in [0.1, 0.15) is 34.4 Å². The van der Waals surface area contributed by atoms with Crippen LogP contribution >= 0.6 is 0 Å². The van der Waals surface area contributed by atoms with Crippen LogP contribution in [0.5, 0.6) is 0 Å². The summed E-state index contributed by atoms with van der Waals surface area (Å²) in [5.74, 6) is 1.25. The molecule has 1 unspecified atom stereocenters. The third-order valence-corrected chi connectivity index (χ3v) is 5.90. The Hall–Kier alpha value is -3.58. The highest BCUT2D eigenvalue weighted by atomic mass is 16.2. The number of aliphatic imine (C=N–C) groups is 2. The van der Waals surface area contributed by atoms with E-state index in [1.165, 1.54) is 11.9 Å². The van der Waals surface area contributed by atoms with Gasteiger partial charge in [-0.2, -0.15) is 0 Å². The number of hydrogen-bond acceptors (Lipinski definition) is 5. The van der Waals surface area contributed by atoms with E-state index in [0.29, 0.717) is 24.7 Å². The van der Waals surface area contributed by atoms with E-state index >= 15 is 0 Å². The molecule has 1 fully saturated rings. The Morgan fingerprint density at radius 2 is 1.83 bits per heavy atom. The summed E-state index contributed by atoms with van der Waals surface area (Å²) in [7, 11) is 0. The third kappa shape index (κ3) is 2.78. The number of H-pyrrole nitrogens is 1. The lowest BCUT2D eigenvalue weighted by molar-refractivity contribution is -0.126. The summed E-state index contributed by atoms with van der Waals surface area (Å²) in [6.07, 6.45) is 3.37. The number of nitrogens with two attached hydrogens (primary N) is 1. The van der Waals surface area contributed by atoms with Gasteiger partial charge in [0.15, 0.2) is 5.82 Å². The molecule has 0 aliphatic carbocycles. The van der Waals surface area contributed by atoms with Crippen LogP contribution < -0.4 is 5.73 Å². The summed E-state index contributed by atoms with van der Waals surface area (Å²) >= 11 is 0. The number of aryl methyl sites for hydroxylation is 1. The van der Waals surface area contributed by atoms with E-state index in [1.807, 2.05) is 43.3 Å². The third-order valence-electron chi connectivity index (χ3n) is 5.90. The Morgan fingerprint density at radius 3 is 2.57 bits per heavy atom. The van der Waals surface area contributed by atoms with Crippen molar-refractivity contribution in [2.75, 3.05) is 0 Å². The zero-order chi connectivity index (χ0) is 20.7. The topological polar surface area (TPSA) is 99.7 Å². The van der Waals surface area contributed by atoms with Crippen LogP contribution in [0, 0.1) is 6.92 Å². The summed E-state index contributed by atoms with van der Waals surface area (Å²) in [6.45, 7) is 2.97. The highest BCUT2D eigenvalue weighted by Crippen LogP contribution is 2.46. The number of nitrogens with zero attached hydrogens (tertiary/aromatic N) is 4. The van der Waals surface area contributed by atoms with Gasteiger partial charge in [-0.1, -0.05) is 54.1 Å². The zero-order valence-electron chi connectivity index (χ0n) is 16.7. The molecule has 2 aliphatic heterocycles. The summed E-state index contributed by atoms with van der Waals surface area (Å²) < 4.78 is 0. The van der Waals surface area contributed by atoms with Crippen LogP contribution in [-0.4, -0.2) is 32.9 Å². The largest absolute Gasteiger partial charge is 0.345 e. The maximum atomic E-state index is 13.3. The van der Waals surface area contributed by atoms with E-state index in [0.717, 1.165) is 22.4 Å². The number of hydrogen-bond donors (Lipinski definition) is 2. The molecule has 0 radical (unpaired) electrons. The van der Waals surface area contributed by atoms with Crippen LogP contribution in [0.15, 0.2) is 64.8 Å². The van der Waals surface area contributed by atoms with Crippen molar-refractivity contribution in [2.45, 2.75) is 31.8 Å². The highest BCUT2D eigenvalue weighted by molar-refractivity contribution is 6.16. The first-order chi connectivity index (χ1) is 14.6. The minimum absolute atomic E-state index is 0.0214. The van der Waals surface area contributed by atoms with Gasteiger partial charge in [-0.15, -0.1) is 0 Å². The molecule has 1 saturated heterocycles. The molecule has 150 valence electrons. The first kappa shape index (κ1) is 18.4. The number of aromatic nitrogens is 2. The number of amides is 1. The van der Waals surface area contributed by atoms with Gasteiger partial charge < -0.3 is 10.7 Å². The molecule has 2 aliphatic rings. The minimum Gasteiger partial charge on any atom is -0.345 e. The monoisotopic (exact) mass is 398 g/mol. The lowest BCUT2D eigenvalue weighted by Crippen LogP contribution is -2.39. The first-order valence-corrected chi connectivity index (χ1v) is 9.92. The predicted octanol–water partition coefficient (Wildman–Crippen LogP) is 2.97. The summed E-state index contributed by atoms with van der Waals surface area (Å²) in [5, 5.41) is 0. The number of rotatable bonds is 4. The number of fused-ring (bicyclic) bond motifs is 3. The van der Waals surface area contributed by atoms with E-state index in [-0.39, 0.29) is 12.3 Å². The zero-order valence-corrected chi connectivity index (χ0v) is 16.7. The van der Waals surface area contributed by atoms with Gasteiger partial charge in [0, 0.05) is 13.0 Å². The van der Waals surface area contributed by atoms with Gasteiger partial charge in [-0.3, -0.25) is 9.69 Å². The van der Waals surface area contributed by atoms with Crippen molar-refractivity contribution >= 4 is 23.9 Å². The Labute approximate surface area is 174 Å². The minimum atomic E-state index is -0.767. The predicted molar refractivity (Wildman–Crippen MR) is 116 cm³/mol. The van der Waals surface area contributed by atoms with E-state index in [1.54, 1.807) is 11.2 Å². The lowest BCUT2D eigenvalue weighted by Gasteiger charge is -2.29. The Kier molecular flexibility index (Phi) is 4.33. The number of amidine groups is 1. The number of benzene rings is 2. The van der Waals surface area contributed by atoms with Gasteiger partial charge in [0.2, 0.25) is 5.91 Å². The summed E-state index contributed by atoms with van der Waals surface area (Å²) in [6, 6.07) is 16.2. The Morgan fingerprint density at radius 1 is 1.10 bits per heavy atom. The molecule has 1 aromatic heterocycles. The Balaban J connectivity index is 1.65. The second-order valence-corrected chi connectivity index (χ2v) is 7.75. The van der Waals surface area contributed by atoms with Crippen LogP contribution in [0.3, 0.4) is 0 Å². The standard InChI is InChI=1S/C23H22N6O/c1-15-2-4-17(5-3-15)12-29-19(30)10-23(18-8-6-16(11-24)7-9-18)20-21(26-13-25-20)27-14-28-22(23)29/h2-9,13-14H,10-12,24H2,1H3,(H,25,26). The molecule has 3 aromatic rings. The van der Waals surface area contributed by atoms with Crippen molar-refractivity contribution < 1.29 is 4.79 Å². The average Bonchev–Trinajstić information content (AvgIpc) is 3.30. The maximum absolute atomic E-state index is 13.3. The molecular formula is C23H22N6O. The van der Waals surface area contributed by atoms with Gasteiger partial charge in [0.25, 0.3) is 0 Å². The SMILES string of the molecule is Cc1ccc(CN2C(=O)CC3(c4ccc(CN)cc4)C2=NC=Nc2nc[nH]c23)cc1. The van der Waals surface area contributed by atoms with Gasteiger partial charge in [-0.05, 0) is 23.6 Å². The Bertz CT molecular complexity index is 1160. The van der Waals surface area contributed by atoms with Crippen molar-refractivity contribution in [3.05, 3.63) is 82.8 Å². The molecule has 7 heteroatoms. The van der Waals surface area contributed by atoms with Crippen molar-refractivity contribution in [1.29, 1.82) is 0 Å². The van der Waals surface area contributed by atoms with Crippen LogP contribution in [0.4, 0.5) is 5.82 Å². The molecular weight excluding hydrogens is 376 g/mol. The molecule has 3 N–H and O–H groups in total. The van der Waals surface area contributed by atoms with Gasteiger partial charge in [0.1, 0.15) is 17.6 Å². The number of likely N-dealkylation sites (tertiary alicyclic amines) is 1. The summed E-state index contributed by atoms with van der Waals surface area (Å²) in [5.41, 5.74) is 10.0. The molecule has 2 aromatic carbocycles. The fourth-order valence-electron chi connectivity index (χ4n) is 4.31. The molecule has 30 heavy (non-hydrogen) atoms. The van der Waals surface area contributed by atoms with Crippen LogP contribution in [-0.2, 0) is 23.3 Å². The maximum Gasteiger partial charge on any atom is 0.230 e. The van der Waals surface area contributed by atoms with E-state index < -0.39 is 5.41 Å². The van der Waals surface area contributed by atoms with Crippen molar-refractivity contribution in [2.24, 2.45) is 15.7 Å². The number of carbonyl (C=O) groups excluding carboxylic acids is 1. The molecule has 0 spiro atoms. The van der Waals surface area contributed by atoms with E-state index in [9.17, 15) is 4.79 Å². The fourth-order valence-corrected chi connectivity index (χ4v) is 4.31. The summed E-state index contributed by atoms with van der Waals surface area (Å²) in [4.78, 5) is 31.7. The van der Waals surface area contributed by atoms with E-state index in [2.05, 4.69) is 32.1 Å². The second kappa shape index (κ2) is 7.03. The molecule has 0 saturated carbocycles. The van der Waals surface area contributed by atoms with Gasteiger partial charge in [0.05, 0.1) is 18.6 Å². The number of nitrogens with one attached hydrogen (secondary N) is 1. The van der Waals surface area contributed by atoms with Gasteiger partial charge in [-0.25, -0.2) is 15.0 Å². The molecule has 0 bridgehead atoms. The van der Waals surface area contributed by atoms with Crippen molar-refractivity contribution in [3.63, 3.8) is 0 Å². The number of carbonyl (C=O) groups is 1. The number of imidazole rings is 1. The quantitative estimate of drug-likeness (QED) is 0.707. The first-order valence-electron chi connectivity index (χ1n) is 9.92. The molecule has 3 heterocycles.